The van der Waals surface area contributed by atoms with Crippen molar-refractivity contribution in [3.63, 3.8) is 0 Å². The maximum atomic E-state index is 3.90. The summed E-state index contributed by atoms with van der Waals surface area (Å²) >= 11 is 0. The van der Waals surface area contributed by atoms with E-state index >= 15 is 0 Å². The Morgan fingerprint density at radius 2 is 2.57 bits per heavy atom. The molecule has 0 saturated heterocycles. The summed E-state index contributed by atoms with van der Waals surface area (Å²) < 4.78 is 0. The molecule has 0 aliphatic carbocycles. The monoisotopic (exact) mass is 95.1 g/mol. The molecule has 0 amide bonds. The van der Waals surface area contributed by atoms with Gasteiger partial charge in [-0.15, -0.1) is 0 Å². The summed E-state index contributed by atoms with van der Waals surface area (Å²) in [6.07, 6.45) is 5.41. The van der Waals surface area contributed by atoms with E-state index in [1.165, 1.54) is 0 Å². The normalized spacial score (nSPS) is 27.3. The predicted octanol–water partition coefficient (Wildman–Crippen LogP) is 0.334. The lowest BCUT2D eigenvalue weighted by Gasteiger charge is -2.06. The lowest BCUT2D eigenvalue weighted by Crippen LogP contribution is -2.20. The lowest BCUT2D eigenvalue weighted by molar-refractivity contribution is 0.730. The number of rotatable bonds is 0. The fourth-order valence-electron chi connectivity index (χ4n) is 0.406. The van der Waals surface area contributed by atoms with E-state index < -0.39 is 0 Å². The molecule has 0 fully saturated rings. The molecule has 1 heterocycles. The first kappa shape index (κ1) is 4.37. The van der Waals surface area contributed by atoms with Crippen LogP contribution in [0.1, 0.15) is 0 Å². The highest BCUT2D eigenvalue weighted by molar-refractivity contribution is 5.71. The molecule has 0 aromatic rings. The molecule has 2 nitrogen and oxygen atoms in total. The fourth-order valence-corrected chi connectivity index (χ4v) is 0.406. The Hall–Kier alpha value is -0.790. The topological polar surface area (TPSA) is 24.4 Å². The minimum atomic E-state index is 0.0185. The number of allylic oxidation sites excluding steroid dienone is 1. The minimum absolute atomic E-state index is 0.0185. The van der Waals surface area contributed by atoms with Gasteiger partial charge in [0, 0.05) is 6.21 Å². The second-order valence-electron chi connectivity index (χ2n) is 1.34. The van der Waals surface area contributed by atoms with Crippen LogP contribution in [0, 0.1) is 6.92 Å². The summed E-state index contributed by atoms with van der Waals surface area (Å²) in [5.74, 6) is 0. The summed E-state index contributed by atoms with van der Waals surface area (Å²) in [5, 5.41) is 2.89. The Labute approximate surface area is 42.9 Å². The van der Waals surface area contributed by atoms with Crippen LogP contribution in [-0.4, -0.2) is 12.4 Å². The van der Waals surface area contributed by atoms with Crippen molar-refractivity contribution in [2.75, 3.05) is 0 Å². The van der Waals surface area contributed by atoms with Gasteiger partial charge in [-0.2, -0.15) is 0 Å². The Bertz CT molecular complexity index is 105. The standard InChI is InChI=1S/C5H7N2/c1-5-6-3-2-4-7-5/h2-6H,1H2. The van der Waals surface area contributed by atoms with Gasteiger partial charge in [-0.3, -0.25) is 4.99 Å². The smallest absolute Gasteiger partial charge is 0.118 e. The zero-order valence-electron chi connectivity index (χ0n) is 3.96. The predicted molar refractivity (Wildman–Crippen MR) is 29.9 cm³/mol. The SMILES string of the molecule is [CH2]C1N=CC=CN1. The summed E-state index contributed by atoms with van der Waals surface area (Å²) in [7, 11) is 0. The van der Waals surface area contributed by atoms with Crippen LogP contribution in [0.4, 0.5) is 0 Å². The Morgan fingerprint density at radius 3 is 2.86 bits per heavy atom. The Balaban J connectivity index is 2.49. The summed E-state index contributed by atoms with van der Waals surface area (Å²) in [5.41, 5.74) is 0. The third kappa shape index (κ3) is 1.03. The highest BCUT2D eigenvalue weighted by atomic mass is 15.0. The number of nitrogens with zero attached hydrogens (tertiary/aromatic N) is 1. The minimum Gasteiger partial charge on any atom is -0.370 e. The van der Waals surface area contributed by atoms with E-state index in [0.717, 1.165) is 0 Å². The van der Waals surface area contributed by atoms with Gasteiger partial charge in [0.05, 0.1) is 0 Å². The number of nitrogens with one attached hydrogen (secondary N) is 1. The Kier molecular flexibility index (Phi) is 1.11. The van der Waals surface area contributed by atoms with Crippen molar-refractivity contribution >= 4 is 6.21 Å². The number of aliphatic imine (C=N–C) groups is 1. The van der Waals surface area contributed by atoms with E-state index in [1.54, 1.807) is 6.21 Å². The molecule has 1 N–H and O–H groups in total. The molecule has 1 atom stereocenters. The van der Waals surface area contributed by atoms with Gasteiger partial charge in [-0.1, -0.05) is 0 Å². The van der Waals surface area contributed by atoms with Crippen molar-refractivity contribution in [1.29, 1.82) is 0 Å². The molecule has 0 bridgehead atoms. The molecule has 1 aliphatic rings. The molecule has 37 valence electrons. The quantitative estimate of drug-likeness (QED) is 0.460. The van der Waals surface area contributed by atoms with Gasteiger partial charge >= 0.3 is 0 Å². The first-order valence-corrected chi connectivity index (χ1v) is 2.17. The highest BCUT2D eigenvalue weighted by Crippen LogP contribution is 1.85. The van der Waals surface area contributed by atoms with E-state index in [0.29, 0.717) is 0 Å². The van der Waals surface area contributed by atoms with Crippen LogP contribution >= 0.6 is 0 Å². The maximum Gasteiger partial charge on any atom is 0.118 e. The second kappa shape index (κ2) is 1.78. The number of hydrogen-bond acceptors (Lipinski definition) is 2. The number of hydrogen-bond donors (Lipinski definition) is 1. The molecule has 0 spiro atoms. The van der Waals surface area contributed by atoms with Crippen molar-refractivity contribution in [1.82, 2.24) is 5.32 Å². The zero-order chi connectivity index (χ0) is 5.11. The zero-order valence-corrected chi connectivity index (χ0v) is 3.96. The largest absolute Gasteiger partial charge is 0.370 e. The summed E-state index contributed by atoms with van der Waals surface area (Å²) in [4.78, 5) is 3.90. The molecular formula is C5H7N2. The van der Waals surface area contributed by atoms with Gasteiger partial charge in [0.15, 0.2) is 0 Å². The van der Waals surface area contributed by atoms with Crippen LogP contribution in [0.25, 0.3) is 0 Å². The van der Waals surface area contributed by atoms with E-state index in [2.05, 4.69) is 17.2 Å². The van der Waals surface area contributed by atoms with Crippen LogP contribution < -0.4 is 5.32 Å². The van der Waals surface area contributed by atoms with Crippen molar-refractivity contribution in [3.05, 3.63) is 19.2 Å². The van der Waals surface area contributed by atoms with Gasteiger partial charge in [0.1, 0.15) is 6.17 Å². The van der Waals surface area contributed by atoms with Gasteiger partial charge in [-0.05, 0) is 19.2 Å². The van der Waals surface area contributed by atoms with Crippen LogP contribution in [-0.2, 0) is 0 Å². The molecular weight excluding hydrogens is 88.1 g/mol. The van der Waals surface area contributed by atoms with Gasteiger partial charge < -0.3 is 5.32 Å². The average Bonchev–Trinajstić information content (AvgIpc) is 1.69. The maximum absolute atomic E-state index is 3.90. The third-order valence-electron chi connectivity index (χ3n) is 0.737. The third-order valence-corrected chi connectivity index (χ3v) is 0.737. The molecule has 1 aliphatic heterocycles. The van der Waals surface area contributed by atoms with Crippen LogP contribution in [0.2, 0.25) is 0 Å². The molecule has 1 radical (unpaired) electrons. The molecule has 1 rings (SSSR count). The van der Waals surface area contributed by atoms with Crippen molar-refractivity contribution in [3.8, 4) is 0 Å². The molecule has 0 aromatic heterocycles. The van der Waals surface area contributed by atoms with E-state index in [-0.39, 0.29) is 6.17 Å². The van der Waals surface area contributed by atoms with Gasteiger partial charge in [-0.25, -0.2) is 0 Å². The van der Waals surface area contributed by atoms with Crippen LogP contribution in [0.5, 0.6) is 0 Å². The second-order valence-corrected chi connectivity index (χ2v) is 1.34. The van der Waals surface area contributed by atoms with Crippen molar-refractivity contribution in [2.45, 2.75) is 6.17 Å². The van der Waals surface area contributed by atoms with Crippen molar-refractivity contribution in [2.24, 2.45) is 4.99 Å². The summed E-state index contributed by atoms with van der Waals surface area (Å²) in [6, 6.07) is 0. The highest BCUT2D eigenvalue weighted by Gasteiger charge is 1.91. The van der Waals surface area contributed by atoms with Crippen LogP contribution in [0.3, 0.4) is 0 Å². The molecule has 0 saturated carbocycles. The first-order valence-electron chi connectivity index (χ1n) is 2.17. The van der Waals surface area contributed by atoms with Crippen molar-refractivity contribution < 1.29 is 0 Å². The van der Waals surface area contributed by atoms with E-state index in [1.807, 2.05) is 12.3 Å². The molecule has 0 aromatic carbocycles. The van der Waals surface area contributed by atoms with E-state index in [4.69, 9.17) is 0 Å². The van der Waals surface area contributed by atoms with Crippen LogP contribution in [0.15, 0.2) is 17.3 Å². The average molecular weight is 95.1 g/mol. The lowest BCUT2D eigenvalue weighted by atomic mass is 10.5. The van der Waals surface area contributed by atoms with Gasteiger partial charge in [0.2, 0.25) is 0 Å². The molecule has 1 unspecified atom stereocenters. The fraction of sp³-hybridized carbons (Fsp3) is 0.200. The van der Waals surface area contributed by atoms with Gasteiger partial charge in [0.25, 0.3) is 0 Å². The summed E-state index contributed by atoms with van der Waals surface area (Å²) in [6.45, 7) is 3.64. The molecule has 7 heavy (non-hydrogen) atoms. The molecule has 2 heteroatoms. The first-order chi connectivity index (χ1) is 3.39. The Morgan fingerprint density at radius 1 is 1.71 bits per heavy atom. The van der Waals surface area contributed by atoms with E-state index in [9.17, 15) is 0 Å².